The van der Waals surface area contributed by atoms with Gasteiger partial charge in [-0.2, -0.15) is 4.39 Å². The summed E-state index contributed by atoms with van der Waals surface area (Å²) in [5.74, 6) is 0.0201. The van der Waals surface area contributed by atoms with Crippen molar-refractivity contribution in [1.82, 2.24) is 0 Å². The molecule has 4 aromatic rings. The topological polar surface area (TPSA) is 31.6 Å². The molecule has 0 N–H and O–H groups in total. The van der Waals surface area contributed by atoms with E-state index in [-0.39, 0.29) is 29.1 Å². The van der Waals surface area contributed by atoms with E-state index in [0.717, 1.165) is 68.2 Å². The van der Waals surface area contributed by atoms with E-state index in [9.17, 15) is 0 Å². The summed E-state index contributed by atoms with van der Waals surface area (Å²) in [4.78, 5) is 0. The minimum atomic E-state index is -0.561. The second-order valence-corrected chi connectivity index (χ2v) is 9.57. The minimum absolute atomic E-state index is 0.0323. The third-order valence-corrected chi connectivity index (χ3v) is 7.26. The van der Waals surface area contributed by atoms with E-state index in [1.54, 1.807) is 18.2 Å². The summed E-state index contributed by atoms with van der Waals surface area (Å²) in [5.41, 5.74) is 2.41. The highest BCUT2D eigenvalue weighted by Crippen LogP contribution is 2.40. The Labute approximate surface area is 197 Å². The molecule has 2 aliphatic rings. The Morgan fingerprint density at radius 1 is 0.912 bits per heavy atom. The molecule has 2 heterocycles. The Bertz CT molecular complexity index is 1370. The molecule has 0 amide bonds. The number of halogens is 2. The van der Waals surface area contributed by atoms with Crippen molar-refractivity contribution in [1.29, 1.82) is 0 Å². The van der Waals surface area contributed by atoms with Gasteiger partial charge in [-0.3, -0.25) is 0 Å². The maximum Gasteiger partial charge on any atom is 0.208 e. The number of hydrogen-bond donors (Lipinski definition) is 0. The molecule has 3 nitrogen and oxygen atoms in total. The number of rotatable bonds is 5. The molecule has 0 bridgehead atoms. The van der Waals surface area contributed by atoms with Crippen LogP contribution in [0.5, 0.6) is 11.5 Å². The van der Waals surface area contributed by atoms with Gasteiger partial charge in [0.05, 0.1) is 12.2 Å². The fraction of sp³-hybridized carbons (Fsp3) is 0.379. The molecule has 1 saturated carbocycles. The van der Waals surface area contributed by atoms with Gasteiger partial charge in [-0.15, -0.1) is 0 Å². The van der Waals surface area contributed by atoms with E-state index in [2.05, 4.69) is 6.92 Å². The van der Waals surface area contributed by atoms with Crippen LogP contribution in [0.2, 0.25) is 0 Å². The summed E-state index contributed by atoms with van der Waals surface area (Å²) in [6.45, 7) is 2.16. The van der Waals surface area contributed by atoms with Crippen LogP contribution in [0.4, 0.5) is 8.78 Å². The van der Waals surface area contributed by atoms with Gasteiger partial charge in [0.15, 0.2) is 22.7 Å². The summed E-state index contributed by atoms with van der Waals surface area (Å²) in [6.07, 6.45) is 8.37. The maximum atomic E-state index is 15.7. The molecule has 0 spiro atoms. The third kappa shape index (κ3) is 3.62. The van der Waals surface area contributed by atoms with Crippen LogP contribution < -0.4 is 9.47 Å². The average Bonchev–Trinajstić information content (AvgIpc) is 3.50. The maximum absolute atomic E-state index is 15.7. The molecule has 0 saturated heterocycles. The van der Waals surface area contributed by atoms with Gasteiger partial charge >= 0.3 is 0 Å². The highest BCUT2D eigenvalue weighted by Gasteiger charge is 2.24. The average molecular weight is 463 g/mol. The van der Waals surface area contributed by atoms with E-state index in [4.69, 9.17) is 13.9 Å². The van der Waals surface area contributed by atoms with Crippen LogP contribution in [0.3, 0.4) is 0 Å². The van der Waals surface area contributed by atoms with Crippen molar-refractivity contribution in [3.8, 4) is 22.6 Å². The molecule has 5 heteroatoms. The standard InChI is InChI=1S/C29H28F2O3/c1-2-5-19-10-8-18-16-17(9-14-24(18)32-19)21-11-12-22-23-13-15-25(33-20-6-3-4-7-20)27(31)29(23)34-28(22)26(21)30/h9,11-16,19-20H,2-8,10H2,1H3. The van der Waals surface area contributed by atoms with Crippen molar-refractivity contribution in [2.24, 2.45) is 0 Å². The molecule has 1 unspecified atom stereocenters. The number of furan rings is 1. The molecular weight excluding hydrogens is 434 g/mol. The van der Waals surface area contributed by atoms with Crippen molar-refractivity contribution in [3.05, 3.63) is 59.7 Å². The minimum Gasteiger partial charge on any atom is -0.490 e. The van der Waals surface area contributed by atoms with Crippen molar-refractivity contribution >= 4 is 21.9 Å². The van der Waals surface area contributed by atoms with Crippen molar-refractivity contribution in [2.75, 3.05) is 0 Å². The summed E-state index contributed by atoms with van der Waals surface area (Å²) >= 11 is 0. The van der Waals surface area contributed by atoms with Gasteiger partial charge in [0, 0.05) is 16.3 Å². The van der Waals surface area contributed by atoms with Crippen LogP contribution in [0.25, 0.3) is 33.1 Å². The van der Waals surface area contributed by atoms with Crippen molar-refractivity contribution in [2.45, 2.75) is 70.5 Å². The first-order valence-corrected chi connectivity index (χ1v) is 12.4. The lowest BCUT2D eigenvalue weighted by atomic mass is 9.95. The lowest BCUT2D eigenvalue weighted by Gasteiger charge is -2.26. The van der Waals surface area contributed by atoms with E-state index in [0.29, 0.717) is 16.3 Å². The summed E-state index contributed by atoms with van der Waals surface area (Å²) in [7, 11) is 0. The number of aryl methyl sites for hydroxylation is 1. The molecule has 176 valence electrons. The van der Waals surface area contributed by atoms with E-state index >= 15 is 8.78 Å². The molecular formula is C29H28F2O3. The zero-order valence-electron chi connectivity index (χ0n) is 19.3. The van der Waals surface area contributed by atoms with Gasteiger partial charge in [-0.25, -0.2) is 4.39 Å². The van der Waals surface area contributed by atoms with Crippen LogP contribution in [0.1, 0.15) is 57.4 Å². The Kier molecular flexibility index (Phi) is 5.43. The monoisotopic (exact) mass is 462 g/mol. The second kappa shape index (κ2) is 8.61. The van der Waals surface area contributed by atoms with Crippen LogP contribution in [0.15, 0.2) is 46.9 Å². The molecule has 1 aromatic heterocycles. The lowest BCUT2D eigenvalue weighted by molar-refractivity contribution is 0.163. The highest BCUT2D eigenvalue weighted by atomic mass is 19.1. The smallest absolute Gasteiger partial charge is 0.208 e. The quantitative estimate of drug-likeness (QED) is 0.299. The Morgan fingerprint density at radius 3 is 2.47 bits per heavy atom. The molecule has 1 aliphatic carbocycles. The Morgan fingerprint density at radius 2 is 1.68 bits per heavy atom. The molecule has 34 heavy (non-hydrogen) atoms. The van der Waals surface area contributed by atoms with E-state index < -0.39 is 11.6 Å². The van der Waals surface area contributed by atoms with E-state index in [1.165, 1.54) is 0 Å². The Balaban J connectivity index is 1.37. The molecule has 3 aromatic carbocycles. The molecule has 1 aliphatic heterocycles. The summed E-state index contributed by atoms with van der Waals surface area (Å²) in [6, 6.07) is 12.8. The lowest BCUT2D eigenvalue weighted by Crippen LogP contribution is -2.22. The van der Waals surface area contributed by atoms with Crippen molar-refractivity contribution in [3.63, 3.8) is 0 Å². The summed E-state index contributed by atoms with van der Waals surface area (Å²) < 4.78 is 48.7. The Hall–Kier alpha value is -3.08. The number of hydrogen-bond acceptors (Lipinski definition) is 3. The van der Waals surface area contributed by atoms with E-state index in [1.807, 2.05) is 24.3 Å². The fourth-order valence-corrected chi connectivity index (χ4v) is 5.46. The summed E-state index contributed by atoms with van der Waals surface area (Å²) in [5, 5.41) is 1.11. The molecule has 1 fully saturated rings. The predicted molar refractivity (Wildman–Crippen MR) is 130 cm³/mol. The molecule has 0 radical (unpaired) electrons. The second-order valence-electron chi connectivity index (χ2n) is 9.57. The number of ether oxygens (including phenoxy) is 2. The fourth-order valence-electron chi connectivity index (χ4n) is 5.46. The first kappa shape index (κ1) is 21.5. The van der Waals surface area contributed by atoms with Crippen LogP contribution in [0, 0.1) is 11.6 Å². The zero-order valence-corrected chi connectivity index (χ0v) is 19.3. The van der Waals surface area contributed by atoms with Gasteiger partial charge < -0.3 is 13.9 Å². The molecule has 1 atom stereocenters. The van der Waals surface area contributed by atoms with Gasteiger partial charge in [0.1, 0.15) is 5.75 Å². The van der Waals surface area contributed by atoms with Crippen molar-refractivity contribution < 1.29 is 22.7 Å². The number of fused-ring (bicyclic) bond motifs is 4. The predicted octanol–water partition coefficient (Wildman–Crippen LogP) is 8.35. The third-order valence-electron chi connectivity index (χ3n) is 7.26. The van der Waals surface area contributed by atoms with Gasteiger partial charge in [-0.05, 0) is 86.4 Å². The van der Waals surface area contributed by atoms with Gasteiger partial charge in [0.25, 0.3) is 0 Å². The first-order chi connectivity index (χ1) is 16.6. The van der Waals surface area contributed by atoms with Gasteiger partial charge in [-0.1, -0.05) is 25.5 Å². The highest BCUT2D eigenvalue weighted by molar-refractivity contribution is 6.06. The van der Waals surface area contributed by atoms with Crippen LogP contribution in [-0.2, 0) is 6.42 Å². The normalized spacial score (nSPS) is 18.4. The molecule has 6 rings (SSSR count). The first-order valence-electron chi connectivity index (χ1n) is 12.4. The van der Waals surface area contributed by atoms with Crippen LogP contribution >= 0.6 is 0 Å². The largest absolute Gasteiger partial charge is 0.490 e. The van der Waals surface area contributed by atoms with Crippen LogP contribution in [-0.4, -0.2) is 12.2 Å². The SMILES string of the molecule is CCCC1CCc2cc(-c3ccc4c(oc5c(F)c(OC6CCCC6)ccc54)c3F)ccc2O1. The van der Waals surface area contributed by atoms with Gasteiger partial charge in [0.2, 0.25) is 5.82 Å². The zero-order chi connectivity index (χ0) is 23.2. The number of benzene rings is 3.